The average molecular weight is 328 g/mol. The van der Waals surface area contributed by atoms with E-state index in [9.17, 15) is 0 Å². The standard InChI is InChI=1S/C15H16N6OS/c1-11-5-2-3-6-12(11)10-23-15-20-19-14(21(15)16)18-17-9-13-7-4-8-22-13/h2-9H,10,16H2,1H3,(H,18,19)/b17-9+. The Morgan fingerprint density at radius 3 is 2.96 bits per heavy atom. The second-order valence-electron chi connectivity index (χ2n) is 4.78. The molecule has 7 nitrogen and oxygen atoms in total. The molecule has 0 aliphatic rings. The molecule has 0 unspecified atom stereocenters. The van der Waals surface area contributed by atoms with Crippen molar-refractivity contribution in [3.63, 3.8) is 0 Å². The van der Waals surface area contributed by atoms with E-state index in [1.807, 2.05) is 12.1 Å². The molecule has 0 aliphatic carbocycles. The first-order chi connectivity index (χ1) is 11.2. The third-order valence-electron chi connectivity index (χ3n) is 3.18. The van der Waals surface area contributed by atoms with Crippen LogP contribution in [-0.2, 0) is 5.75 Å². The lowest BCUT2D eigenvalue weighted by Crippen LogP contribution is -2.13. The molecule has 0 fully saturated rings. The second-order valence-corrected chi connectivity index (χ2v) is 5.72. The summed E-state index contributed by atoms with van der Waals surface area (Å²) in [5.41, 5.74) is 5.22. The molecule has 3 rings (SSSR count). The Hall–Kier alpha value is -2.74. The molecule has 0 atom stereocenters. The minimum atomic E-state index is 0.361. The third kappa shape index (κ3) is 3.72. The normalized spacial score (nSPS) is 11.2. The van der Waals surface area contributed by atoms with E-state index in [4.69, 9.17) is 10.3 Å². The first kappa shape index (κ1) is 15.2. The minimum Gasteiger partial charge on any atom is -0.463 e. The second kappa shape index (κ2) is 7.01. The number of nitrogens with two attached hydrogens (primary N) is 1. The first-order valence-corrected chi connectivity index (χ1v) is 7.93. The number of hydrogen-bond donors (Lipinski definition) is 2. The molecule has 0 spiro atoms. The predicted octanol–water partition coefficient (Wildman–Crippen LogP) is 2.63. The topological polar surface area (TPSA) is 94.3 Å². The number of aryl methyl sites for hydroxylation is 1. The molecular formula is C15H16N6OS. The van der Waals surface area contributed by atoms with Crippen molar-refractivity contribution in [2.24, 2.45) is 5.10 Å². The maximum absolute atomic E-state index is 5.98. The lowest BCUT2D eigenvalue weighted by molar-refractivity contribution is 0.560. The number of aromatic nitrogens is 3. The summed E-state index contributed by atoms with van der Waals surface area (Å²) in [7, 11) is 0. The van der Waals surface area contributed by atoms with Gasteiger partial charge in [0.25, 0.3) is 5.95 Å². The molecule has 118 valence electrons. The Balaban J connectivity index is 1.61. The number of anilines is 1. The summed E-state index contributed by atoms with van der Waals surface area (Å²) in [6.45, 7) is 2.08. The van der Waals surface area contributed by atoms with Crippen molar-refractivity contribution in [1.29, 1.82) is 0 Å². The fraction of sp³-hybridized carbons (Fsp3) is 0.133. The smallest absolute Gasteiger partial charge is 0.264 e. The van der Waals surface area contributed by atoms with E-state index in [0.29, 0.717) is 16.9 Å². The number of nitrogens with one attached hydrogen (secondary N) is 1. The lowest BCUT2D eigenvalue weighted by Gasteiger charge is -2.05. The molecule has 0 radical (unpaired) electrons. The summed E-state index contributed by atoms with van der Waals surface area (Å²) < 4.78 is 6.52. The highest BCUT2D eigenvalue weighted by Crippen LogP contribution is 2.23. The Labute approximate surface area is 137 Å². The first-order valence-electron chi connectivity index (χ1n) is 6.94. The van der Waals surface area contributed by atoms with Crippen molar-refractivity contribution < 1.29 is 4.42 Å². The van der Waals surface area contributed by atoms with Gasteiger partial charge in [0.1, 0.15) is 5.76 Å². The Kier molecular flexibility index (Phi) is 4.62. The SMILES string of the molecule is Cc1ccccc1CSc1nnc(N/N=C/c2ccco2)n1N. The zero-order valence-corrected chi connectivity index (χ0v) is 13.3. The van der Waals surface area contributed by atoms with Gasteiger partial charge in [-0.2, -0.15) is 5.10 Å². The number of nitrogens with zero attached hydrogens (tertiary/aromatic N) is 4. The molecule has 0 saturated carbocycles. The summed E-state index contributed by atoms with van der Waals surface area (Å²) in [6.07, 6.45) is 3.11. The molecule has 2 aromatic heterocycles. The van der Waals surface area contributed by atoms with Gasteiger partial charge in [-0.1, -0.05) is 36.0 Å². The number of nitrogen functional groups attached to an aromatic ring is 1. The summed E-state index contributed by atoms with van der Waals surface area (Å²) in [5, 5.41) is 12.7. The summed E-state index contributed by atoms with van der Waals surface area (Å²) in [6, 6.07) is 11.8. The van der Waals surface area contributed by atoms with E-state index in [0.717, 1.165) is 5.75 Å². The van der Waals surface area contributed by atoms with Crippen LogP contribution in [0.1, 0.15) is 16.9 Å². The quantitative estimate of drug-likeness (QED) is 0.313. The van der Waals surface area contributed by atoms with Gasteiger partial charge in [0.05, 0.1) is 12.5 Å². The van der Waals surface area contributed by atoms with Crippen molar-refractivity contribution in [2.45, 2.75) is 17.8 Å². The van der Waals surface area contributed by atoms with Crippen LogP contribution in [0, 0.1) is 6.92 Å². The van der Waals surface area contributed by atoms with Crippen LogP contribution >= 0.6 is 11.8 Å². The Morgan fingerprint density at radius 2 is 2.17 bits per heavy atom. The van der Waals surface area contributed by atoms with Gasteiger partial charge in [0.2, 0.25) is 5.16 Å². The zero-order valence-electron chi connectivity index (χ0n) is 12.5. The van der Waals surface area contributed by atoms with Crippen LogP contribution in [-0.4, -0.2) is 21.1 Å². The minimum absolute atomic E-state index is 0.361. The molecule has 0 amide bonds. The monoisotopic (exact) mass is 328 g/mol. The number of benzene rings is 1. The summed E-state index contributed by atoms with van der Waals surface area (Å²) in [5.74, 6) is 7.75. The number of hydrogen-bond acceptors (Lipinski definition) is 7. The van der Waals surface area contributed by atoms with Gasteiger partial charge in [0.15, 0.2) is 0 Å². The molecule has 3 N–H and O–H groups in total. The van der Waals surface area contributed by atoms with E-state index in [2.05, 4.69) is 39.8 Å². The third-order valence-corrected chi connectivity index (χ3v) is 4.17. The van der Waals surface area contributed by atoms with Gasteiger partial charge in [-0.3, -0.25) is 0 Å². The molecule has 0 aliphatic heterocycles. The van der Waals surface area contributed by atoms with Gasteiger partial charge in [-0.05, 0) is 30.2 Å². The Bertz CT molecular complexity index is 796. The van der Waals surface area contributed by atoms with E-state index in [1.165, 1.54) is 33.8 Å². The van der Waals surface area contributed by atoms with E-state index in [-0.39, 0.29) is 0 Å². The molecule has 2 heterocycles. The highest BCUT2D eigenvalue weighted by Gasteiger charge is 2.10. The van der Waals surface area contributed by atoms with Gasteiger partial charge in [-0.25, -0.2) is 10.1 Å². The molecule has 8 heteroatoms. The molecule has 0 bridgehead atoms. The van der Waals surface area contributed by atoms with Crippen molar-refractivity contribution in [3.8, 4) is 0 Å². The van der Waals surface area contributed by atoms with Gasteiger partial charge in [0, 0.05) is 5.75 Å². The van der Waals surface area contributed by atoms with Gasteiger partial charge < -0.3 is 10.3 Å². The fourth-order valence-electron chi connectivity index (χ4n) is 1.88. The number of rotatable bonds is 6. The summed E-state index contributed by atoms with van der Waals surface area (Å²) >= 11 is 1.52. The highest BCUT2D eigenvalue weighted by molar-refractivity contribution is 7.98. The van der Waals surface area contributed by atoms with Gasteiger partial charge >= 0.3 is 0 Å². The molecule has 1 aromatic carbocycles. The van der Waals surface area contributed by atoms with Crippen LogP contribution < -0.4 is 11.3 Å². The Morgan fingerprint density at radius 1 is 1.30 bits per heavy atom. The summed E-state index contributed by atoms with van der Waals surface area (Å²) in [4.78, 5) is 0. The predicted molar refractivity (Wildman–Crippen MR) is 90.8 cm³/mol. The average Bonchev–Trinajstić information content (AvgIpc) is 3.18. The van der Waals surface area contributed by atoms with Crippen LogP contribution in [0.2, 0.25) is 0 Å². The van der Waals surface area contributed by atoms with Crippen molar-refractivity contribution in [3.05, 3.63) is 59.5 Å². The fourth-order valence-corrected chi connectivity index (χ4v) is 2.82. The number of furan rings is 1. The van der Waals surface area contributed by atoms with Crippen LogP contribution in [0.4, 0.5) is 5.95 Å². The highest BCUT2D eigenvalue weighted by atomic mass is 32.2. The lowest BCUT2D eigenvalue weighted by atomic mass is 10.1. The van der Waals surface area contributed by atoms with E-state index < -0.39 is 0 Å². The van der Waals surface area contributed by atoms with Crippen molar-refractivity contribution in [1.82, 2.24) is 14.9 Å². The molecule has 23 heavy (non-hydrogen) atoms. The maximum atomic E-state index is 5.98. The van der Waals surface area contributed by atoms with Crippen LogP contribution in [0.25, 0.3) is 0 Å². The van der Waals surface area contributed by atoms with Gasteiger partial charge in [-0.15, -0.1) is 10.2 Å². The largest absolute Gasteiger partial charge is 0.463 e. The van der Waals surface area contributed by atoms with Crippen LogP contribution in [0.3, 0.4) is 0 Å². The van der Waals surface area contributed by atoms with Crippen LogP contribution in [0.5, 0.6) is 0 Å². The maximum Gasteiger partial charge on any atom is 0.264 e. The number of thioether (sulfide) groups is 1. The van der Waals surface area contributed by atoms with Crippen molar-refractivity contribution in [2.75, 3.05) is 11.3 Å². The van der Waals surface area contributed by atoms with E-state index in [1.54, 1.807) is 18.4 Å². The molecular weight excluding hydrogens is 312 g/mol. The van der Waals surface area contributed by atoms with Crippen LogP contribution in [0.15, 0.2) is 57.3 Å². The molecule has 0 saturated heterocycles. The number of hydrazone groups is 1. The van der Waals surface area contributed by atoms with Crippen molar-refractivity contribution >= 4 is 23.9 Å². The van der Waals surface area contributed by atoms with E-state index >= 15 is 0 Å². The zero-order chi connectivity index (χ0) is 16.1. The molecule has 3 aromatic rings.